The van der Waals surface area contributed by atoms with Gasteiger partial charge in [0.25, 0.3) is 0 Å². The average Bonchev–Trinajstić information content (AvgIpc) is 3.16. The Bertz CT molecular complexity index is 1260. The summed E-state index contributed by atoms with van der Waals surface area (Å²) in [7, 11) is 4.65. The third-order valence-electron chi connectivity index (χ3n) is 5.58. The van der Waals surface area contributed by atoms with Crippen molar-refractivity contribution in [3.8, 4) is 28.4 Å². The molecule has 7 N–H and O–H groups in total. The molecule has 1 aliphatic carbocycles. The van der Waals surface area contributed by atoms with Crippen molar-refractivity contribution in [3.63, 3.8) is 0 Å². The lowest BCUT2D eigenvalue weighted by molar-refractivity contribution is -0.140. The highest BCUT2D eigenvalue weighted by Crippen LogP contribution is 2.50. The smallest absolute Gasteiger partial charge is 0.302 e. The molecule has 0 saturated carbocycles. The topological polar surface area (TPSA) is 182 Å². The number of carbonyl (C=O) groups is 2. The second-order valence-corrected chi connectivity index (χ2v) is 8.57. The van der Waals surface area contributed by atoms with Gasteiger partial charge in [0, 0.05) is 19.4 Å². The maximum absolute atomic E-state index is 13.0. The number of anilines is 1. The SMILES string of the molecule is CC.CCOC(C)=O.COc1cc2c(c(OC)c1OC)-c1ccc(NNC(N)=S)c(=O)cc1[C@@H](NC(C)=O)CC2.O. The maximum atomic E-state index is 13.0. The summed E-state index contributed by atoms with van der Waals surface area (Å²) < 4.78 is 21.2. The molecule has 12 nitrogen and oxygen atoms in total. The molecule has 2 aromatic carbocycles. The first kappa shape index (κ1) is 36.9. The number of nitrogens with one attached hydrogen (secondary N) is 3. The lowest BCUT2D eigenvalue weighted by Crippen LogP contribution is -2.35. The number of fused-ring (bicyclic) bond motifs is 3. The molecule has 41 heavy (non-hydrogen) atoms. The summed E-state index contributed by atoms with van der Waals surface area (Å²) >= 11 is 4.80. The number of hydrogen-bond acceptors (Lipinski definition) is 9. The highest BCUT2D eigenvalue weighted by Gasteiger charge is 2.29. The van der Waals surface area contributed by atoms with Crippen LogP contribution in [0.5, 0.6) is 17.2 Å². The molecule has 0 aromatic heterocycles. The number of nitrogens with two attached hydrogens (primary N) is 1. The Hall–Kier alpha value is -4.10. The van der Waals surface area contributed by atoms with Gasteiger partial charge in [-0.05, 0) is 66.9 Å². The molecule has 3 rings (SSSR count). The number of rotatable bonds is 7. The lowest BCUT2D eigenvalue weighted by Gasteiger charge is -2.19. The summed E-state index contributed by atoms with van der Waals surface area (Å²) in [6, 6.07) is 6.45. The molecular formula is C28H42N4O8S. The van der Waals surface area contributed by atoms with Crippen molar-refractivity contribution in [3.05, 3.63) is 45.6 Å². The Kier molecular flexibility index (Phi) is 16.5. The van der Waals surface area contributed by atoms with E-state index in [4.69, 9.17) is 32.2 Å². The van der Waals surface area contributed by atoms with Crippen molar-refractivity contribution in [2.24, 2.45) is 5.73 Å². The Morgan fingerprint density at radius 3 is 2.15 bits per heavy atom. The highest BCUT2D eigenvalue weighted by molar-refractivity contribution is 7.80. The van der Waals surface area contributed by atoms with Crippen LogP contribution < -0.4 is 41.5 Å². The highest BCUT2D eigenvalue weighted by atomic mass is 32.1. The van der Waals surface area contributed by atoms with E-state index in [0.29, 0.717) is 42.3 Å². The molecule has 13 heteroatoms. The molecule has 1 atom stereocenters. The molecule has 0 saturated heterocycles. The predicted octanol–water partition coefficient (Wildman–Crippen LogP) is 2.79. The number of hydrazine groups is 1. The zero-order valence-electron chi connectivity index (χ0n) is 24.9. The van der Waals surface area contributed by atoms with E-state index in [1.54, 1.807) is 33.3 Å². The minimum atomic E-state index is -0.381. The van der Waals surface area contributed by atoms with Gasteiger partial charge in [0.15, 0.2) is 16.6 Å². The van der Waals surface area contributed by atoms with Crippen LogP contribution >= 0.6 is 12.2 Å². The summed E-state index contributed by atoms with van der Waals surface area (Å²) in [4.78, 5) is 34.7. The minimum Gasteiger partial charge on any atom is -0.493 e. The quantitative estimate of drug-likeness (QED) is 0.210. The van der Waals surface area contributed by atoms with Crippen LogP contribution in [0.2, 0.25) is 0 Å². The van der Waals surface area contributed by atoms with E-state index in [1.165, 1.54) is 27.0 Å². The second kappa shape index (κ2) is 18.3. The van der Waals surface area contributed by atoms with Gasteiger partial charge in [-0.2, -0.15) is 0 Å². The second-order valence-electron chi connectivity index (χ2n) is 8.13. The fourth-order valence-corrected chi connectivity index (χ4v) is 4.19. The molecule has 0 unspecified atom stereocenters. The van der Waals surface area contributed by atoms with Gasteiger partial charge in [-0.25, -0.2) is 0 Å². The van der Waals surface area contributed by atoms with Crippen LogP contribution in [0, 0.1) is 0 Å². The van der Waals surface area contributed by atoms with E-state index in [9.17, 15) is 14.4 Å². The number of amides is 1. The molecule has 0 spiro atoms. The molecule has 1 amide bonds. The fraction of sp³-hybridized carbons (Fsp3) is 0.429. The largest absolute Gasteiger partial charge is 0.493 e. The molecular weight excluding hydrogens is 552 g/mol. The first-order chi connectivity index (χ1) is 19.1. The minimum absolute atomic E-state index is 0. The number of ether oxygens (including phenoxy) is 4. The van der Waals surface area contributed by atoms with Gasteiger partial charge in [0.1, 0.15) is 5.69 Å². The van der Waals surface area contributed by atoms with Gasteiger partial charge in [-0.15, -0.1) is 0 Å². The number of methoxy groups -OCH3 is 3. The number of aryl methyl sites for hydroxylation is 1. The van der Waals surface area contributed by atoms with Gasteiger partial charge in [0.05, 0.1) is 34.0 Å². The zero-order chi connectivity index (χ0) is 30.4. The summed E-state index contributed by atoms with van der Waals surface area (Å²) in [5, 5.41) is 2.96. The average molecular weight is 595 g/mol. The summed E-state index contributed by atoms with van der Waals surface area (Å²) in [6.45, 7) is 9.10. The van der Waals surface area contributed by atoms with Crippen LogP contribution in [0.1, 0.15) is 58.2 Å². The van der Waals surface area contributed by atoms with Gasteiger partial charge in [0.2, 0.25) is 17.1 Å². The third kappa shape index (κ3) is 10.1. The normalized spacial score (nSPS) is 12.3. The first-order valence-electron chi connectivity index (χ1n) is 12.8. The molecule has 228 valence electrons. The lowest BCUT2D eigenvalue weighted by atomic mass is 9.95. The van der Waals surface area contributed by atoms with Crippen molar-refractivity contribution in [2.45, 2.75) is 53.5 Å². The Balaban J connectivity index is 0.00000158. The van der Waals surface area contributed by atoms with Crippen molar-refractivity contribution in [2.75, 3.05) is 33.4 Å². The Labute approximate surface area is 246 Å². The van der Waals surface area contributed by atoms with Crippen LogP contribution in [0.15, 0.2) is 29.1 Å². The Morgan fingerprint density at radius 2 is 1.68 bits per heavy atom. The molecule has 1 aliphatic rings. The number of hydrogen-bond donors (Lipinski definition) is 4. The van der Waals surface area contributed by atoms with Gasteiger partial charge in [-0.3, -0.25) is 25.2 Å². The number of thiocarbonyl (C=S) groups is 1. The summed E-state index contributed by atoms with van der Waals surface area (Å²) in [5.74, 6) is 1.07. The molecule has 0 aliphatic heterocycles. The monoisotopic (exact) mass is 594 g/mol. The zero-order valence-corrected chi connectivity index (χ0v) is 25.7. The van der Waals surface area contributed by atoms with Crippen LogP contribution in [0.4, 0.5) is 5.69 Å². The van der Waals surface area contributed by atoms with Crippen molar-refractivity contribution >= 4 is 34.9 Å². The Morgan fingerprint density at radius 1 is 1.05 bits per heavy atom. The third-order valence-corrected chi connectivity index (χ3v) is 5.69. The van der Waals surface area contributed by atoms with Gasteiger partial charge >= 0.3 is 5.97 Å². The molecule has 0 radical (unpaired) electrons. The molecule has 0 heterocycles. The fourth-order valence-electron chi connectivity index (χ4n) is 4.14. The number of benzene rings is 1. The van der Waals surface area contributed by atoms with E-state index in [0.717, 1.165) is 16.7 Å². The van der Waals surface area contributed by atoms with E-state index in [1.807, 2.05) is 19.9 Å². The van der Waals surface area contributed by atoms with Crippen LogP contribution in [0.3, 0.4) is 0 Å². The van der Waals surface area contributed by atoms with Crippen molar-refractivity contribution in [1.82, 2.24) is 10.7 Å². The van der Waals surface area contributed by atoms with Crippen molar-refractivity contribution < 1.29 is 34.0 Å². The van der Waals surface area contributed by atoms with E-state index < -0.39 is 0 Å². The predicted molar refractivity (Wildman–Crippen MR) is 163 cm³/mol. The standard InChI is InChI=1S/C22H26N4O5S.C4H8O2.C2H6.H2O/c1-11(27)24-15-7-5-12-9-18(29-2)20(30-3)21(31-4)19(12)13-6-8-16(25-26-22(23)32)17(28)10-14(13)15;1-3-6-4(2)5;1-2;/h6,8-10,15H,5,7H2,1-4H3,(H,24,27)(H,25,28)(H3,23,26,32);3H2,1-2H3;1-2H3;1H2/t15-;;;/m0.../s1. The molecule has 2 aromatic rings. The van der Waals surface area contributed by atoms with Gasteiger partial charge in [-0.1, -0.05) is 19.9 Å². The van der Waals surface area contributed by atoms with E-state index in [2.05, 4.69) is 20.9 Å². The molecule has 0 fully saturated rings. The number of carbonyl (C=O) groups excluding carboxylic acids is 2. The maximum Gasteiger partial charge on any atom is 0.302 e. The summed E-state index contributed by atoms with van der Waals surface area (Å²) in [5.41, 5.74) is 13.8. The summed E-state index contributed by atoms with van der Waals surface area (Å²) in [6.07, 6.45) is 1.20. The van der Waals surface area contributed by atoms with Crippen LogP contribution in [0.25, 0.3) is 11.1 Å². The first-order valence-corrected chi connectivity index (χ1v) is 13.2. The molecule has 0 bridgehead atoms. The van der Waals surface area contributed by atoms with Gasteiger partial charge < -0.3 is 35.5 Å². The van der Waals surface area contributed by atoms with Crippen molar-refractivity contribution in [1.29, 1.82) is 0 Å². The number of esters is 1. The van der Waals surface area contributed by atoms with E-state index in [-0.39, 0.29) is 39.6 Å². The van der Waals surface area contributed by atoms with Crippen LogP contribution in [-0.2, 0) is 20.7 Å². The van der Waals surface area contributed by atoms with Crippen LogP contribution in [-0.4, -0.2) is 50.4 Å². The van der Waals surface area contributed by atoms with E-state index >= 15 is 0 Å².